The van der Waals surface area contributed by atoms with Crippen LogP contribution in [0.1, 0.15) is 13.3 Å². The summed E-state index contributed by atoms with van der Waals surface area (Å²) in [5.41, 5.74) is 0. The molecule has 0 amide bonds. The third kappa shape index (κ3) is 3.44. The lowest BCUT2D eigenvalue weighted by Gasteiger charge is -2.25. The molecule has 2 unspecified atom stereocenters. The summed E-state index contributed by atoms with van der Waals surface area (Å²) in [6, 6.07) is 0.224. The average Bonchev–Trinajstić information content (AvgIpc) is 2.46. The predicted molar refractivity (Wildman–Crippen MR) is 62.7 cm³/mol. The van der Waals surface area contributed by atoms with Crippen LogP contribution in [0.4, 0.5) is 0 Å². The molecule has 0 aliphatic carbocycles. The number of thiol groups is 1. The van der Waals surface area contributed by atoms with Gasteiger partial charge in [-0.25, -0.2) is 8.42 Å². The zero-order valence-corrected chi connectivity index (χ0v) is 10.5. The molecule has 0 aromatic carbocycles. The highest BCUT2D eigenvalue weighted by atomic mass is 32.2. The summed E-state index contributed by atoms with van der Waals surface area (Å²) in [5, 5.41) is 0. The standard InChI is InChI=1S/C9H19NO2S2/c1-8(6-13)5-10(2)9-3-4-14(11,12)7-9/h8-9,13H,3-7H2,1-2H3. The van der Waals surface area contributed by atoms with E-state index >= 15 is 0 Å². The van der Waals surface area contributed by atoms with E-state index in [0.717, 1.165) is 18.7 Å². The van der Waals surface area contributed by atoms with Gasteiger partial charge in [-0.1, -0.05) is 6.92 Å². The van der Waals surface area contributed by atoms with Crippen LogP contribution in [0.5, 0.6) is 0 Å². The van der Waals surface area contributed by atoms with Crippen molar-refractivity contribution in [2.45, 2.75) is 19.4 Å². The van der Waals surface area contributed by atoms with Crippen molar-refractivity contribution < 1.29 is 8.42 Å². The van der Waals surface area contributed by atoms with Crippen LogP contribution in [0, 0.1) is 5.92 Å². The van der Waals surface area contributed by atoms with Crippen molar-refractivity contribution >= 4 is 22.5 Å². The summed E-state index contributed by atoms with van der Waals surface area (Å²) in [6.45, 7) is 3.07. The van der Waals surface area contributed by atoms with Gasteiger partial charge in [-0.2, -0.15) is 12.6 Å². The molecule has 3 nitrogen and oxygen atoms in total. The van der Waals surface area contributed by atoms with Crippen LogP contribution in [0.25, 0.3) is 0 Å². The maximum atomic E-state index is 11.3. The van der Waals surface area contributed by atoms with Crippen LogP contribution in [0.2, 0.25) is 0 Å². The van der Waals surface area contributed by atoms with Gasteiger partial charge in [0.25, 0.3) is 0 Å². The van der Waals surface area contributed by atoms with Crippen LogP contribution < -0.4 is 0 Å². The Hall–Kier alpha value is 0.260. The quantitative estimate of drug-likeness (QED) is 0.730. The number of hydrogen-bond donors (Lipinski definition) is 1. The Labute approximate surface area is 92.2 Å². The van der Waals surface area contributed by atoms with Crippen LogP contribution in [-0.2, 0) is 9.84 Å². The lowest BCUT2D eigenvalue weighted by Crippen LogP contribution is -2.36. The van der Waals surface area contributed by atoms with Gasteiger partial charge in [-0.3, -0.25) is 0 Å². The van der Waals surface area contributed by atoms with E-state index in [1.807, 2.05) is 7.05 Å². The van der Waals surface area contributed by atoms with Crippen molar-refractivity contribution in [1.29, 1.82) is 0 Å². The molecule has 0 N–H and O–H groups in total. The van der Waals surface area contributed by atoms with Gasteiger partial charge in [0.05, 0.1) is 11.5 Å². The minimum Gasteiger partial charge on any atom is -0.302 e. The van der Waals surface area contributed by atoms with Gasteiger partial charge < -0.3 is 4.90 Å². The summed E-state index contributed by atoms with van der Waals surface area (Å²) in [4.78, 5) is 2.16. The maximum absolute atomic E-state index is 11.3. The summed E-state index contributed by atoms with van der Waals surface area (Å²) in [7, 11) is -0.738. The van der Waals surface area contributed by atoms with Crippen molar-refractivity contribution in [3.05, 3.63) is 0 Å². The number of nitrogens with zero attached hydrogens (tertiary/aromatic N) is 1. The Morgan fingerprint density at radius 2 is 2.21 bits per heavy atom. The van der Waals surface area contributed by atoms with E-state index in [4.69, 9.17) is 0 Å². The molecule has 1 heterocycles. The van der Waals surface area contributed by atoms with E-state index in [9.17, 15) is 8.42 Å². The van der Waals surface area contributed by atoms with E-state index in [0.29, 0.717) is 17.4 Å². The van der Waals surface area contributed by atoms with Gasteiger partial charge in [0, 0.05) is 12.6 Å². The van der Waals surface area contributed by atoms with Crippen LogP contribution >= 0.6 is 12.6 Å². The Kier molecular flexibility index (Phi) is 4.28. The predicted octanol–water partition coefficient (Wildman–Crippen LogP) is 0.671. The third-order valence-electron chi connectivity index (χ3n) is 2.74. The minimum absolute atomic E-state index is 0.224. The summed E-state index contributed by atoms with van der Waals surface area (Å²) in [6.07, 6.45) is 0.790. The third-order valence-corrected chi connectivity index (χ3v) is 5.12. The van der Waals surface area contributed by atoms with Crippen molar-refractivity contribution in [2.24, 2.45) is 5.92 Å². The Bertz CT molecular complexity index is 277. The van der Waals surface area contributed by atoms with Gasteiger partial charge in [0.2, 0.25) is 0 Å². The van der Waals surface area contributed by atoms with Crippen molar-refractivity contribution in [1.82, 2.24) is 4.90 Å². The molecule has 1 saturated heterocycles. The molecule has 1 fully saturated rings. The largest absolute Gasteiger partial charge is 0.302 e. The highest BCUT2D eigenvalue weighted by molar-refractivity contribution is 7.91. The molecule has 0 aromatic rings. The fourth-order valence-electron chi connectivity index (χ4n) is 1.82. The van der Waals surface area contributed by atoms with E-state index < -0.39 is 9.84 Å². The maximum Gasteiger partial charge on any atom is 0.151 e. The number of hydrogen-bond acceptors (Lipinski definition) is 4. The first-order chi connectivity index (χ1) is 6.44. The monoisotopic (exact) mass is 237 g/mol. The fraction of sp³-hybridized carbons (Fsp3) is 1.00. The molecule has 0 spiro atoms. The molecule has 1 aliphatic heterocycles. The molecular weight excluding hydrogens is 218 g/mol. The van der Waals surface area contributed by atoms with Gasteiger partial charge >= 0.3 is 0 Å². The molecule has 1 aliphatic rings. The van der Waals surface area contributed by atoms with Gasteiger partial charge in [0.1, 0.15) is 0 Å². The molecule has 0 aromatic heterocycles. The minimum atomic E-state index is -2.74. The number of sulfone groups is 1. The van der Waals surface area contributed by atoms with Crippen LogP contribution in [-0.4, -0.2) is 50.2 Å². The first kappa shape index (κ1) is 12.3. The van der Waals surface area contributed by atoms with E-state index in [-0.39, 0.29) is 6.04 Å². The Morgan fingerprint density at radius 3 is 2.64 bits per heavy atom. The Balaban J connectivity index is 2.43. The van der Waals surface area contributed by atoms with Crippen LogP contribution in [0.15, 0.2) is 0 Å². The molecule has 0 bridgehead atoms. The Morgan fingerprint density at radius 1 is 1.57 bits per heavy atom. The van der Waals surface area contributed by atoms with E-state index in [1.165, 1.54) is 0 Å². The molecular formula is C9H19NO2S2. The molecule has 5 heteroatoms. The number of rotatable bonds is 4. The van der Waals surface area contributed by atoms with E-state index in [1.54, 1.807) is 0 Å². The zero-order valence-electron chi connectivity index (χ0n) is 8.81. The second-order valence-corrected chi connectivity index (χ2v) is 6.88. The lowest BCUT2D eigenvalue weighted by atomic mass is 10.1. The zero-order chi connectivity index (χ0) is 10.8. The highest BCUT2D eigenvalue weighted by Gasteiger charge is 2.30. The molecule has 0 saturated carbocycles. The van der Waals surface area contributed by atoms with Gasteiger partial charge in [-0.05, 0) is 25.1 Å². The van der Waals surface area contributed by atoms with Crippen molar-refractivity contribution in [3.63, 3.8) is 0 Å². The van der Waals surface area contributed by atoms with Gasteiger partial charge in [-0.15, -0.1) is 0 Å². The fourth-order valence-corrected chi connectivity index (χ4v) is 3.74. The lowest BCUT2D eigenvalue weighted by molar-refractivity contribution is 0.236. The van der Waals surface area contributed by atoms with Crippen LogP contribution in [0.3, 0.4) is 0 Å². The second kappa shape index (κ2) is 4.86. The van der Waals surface area contributed by atoms with Gasteiger partial charge in [0.15, 0.2) is 9.84 Å². The first-order valence-electron chi connectivity index (χ1n) is 4.96. The molecule has 0 radical (unpaired) electrons. The summed E-state index contributed by atoms with van der Waals surface area (Å²) < 4.78 is 22.5. The normalized spacial score (nSPS) is 28.1. The molecule has 84 valence electrons. The molecule has 2 atom stereocenters. The molecule has 1 rings (SSSR count). The SMILES string of the molecule is CC(CS)CN(C)C1CCS(=O)(=O)C1. The topological polar surface area (TPSA) is 37.4 Å². The highest BCUT2D eigenvalue weighted by Crippen LogP contribution is 2.17. The first-order valence-corrected chi connectivity index (χ1v) is 7.41. The van der Waals surface area contributed by atoms with Crippen molar-refractivity contribution in [3.8, 4) is 0 Å². The smallest absolute Gasteiger partial charge is 0.151 e. The summed E-state index contributed by atoms with van der Waals surface area (Å²) >= 11 is 4.22. The molecule has 14 heavy (non-hydrogen) atoms. The van der Waals surface area contributed by atoms with Crippen molar-refractivity contribution in [2.75, 3.05) is 30.9 Å². The average molecular weight is 237 g/mol. The van der Waals surface area contributed by atoms with E-state index in [2.05, 4.69) is 24.5 Å². The second-order valence-electron chi connectivity index (χ2n) is 4.28. The summed E-state index contributed by atoms with van der Waals surface area (Å²) in [5.74, 6) is 2.07.